The highest BCUT2D eigenvalue weighted by Gasteiger charge is 2.09. The van der Waals surface area contributed by atoms with Crippen LogP contribution in [0.15, 0.2) is 18.3 Å². The van der Waals surface area contributed by atoms with Gasteiger partial charge in [0, 0.05) is 26.2 Å². The minimum Gasteiger partial charge on any atom is -0.383 e. The molecule has 1 heterocycles. The van der Waals surface area contributed by atoms with Crippen LogP contribution in [0.25, 0.3) is 0 Å². The number of pyridine rings is 1. The number of aromatic nitrogens is 1. The molecule has 0 saturated carbocycles. The van der Waals surface area contributed by atoms with Crippen molar-refractivity contribution >= 4 is 5.69 Å². The Morgan fingerprint density at radius 2 is 2.24 bits per heavy atom. The monoisotopic (exact) mass is 290 g/mol. The zero-order valence-electron chi connectivity index (χ0n) is 13.3. The van der Waals surface area contributed by atoms with Gasteiger partial charge in [-0.2, -0.15) is 5.26 Å². The predicted molar refractivity (Wildman–Crippen MR) is 85.3 cm³/mol. The molecule has 0 radical (unpaired) electrons. The van der Waals surface area contributed by atoms with E-state index in [-0.39, 0.29) is 6.04 Å². The molecule has 0 saturated heterocycles. The SMILES string of the molecule is CCCNC(C)c1ccc(N(CCC#N)CCOC)cn1. The molecule has 0 aliphatic heterocycles. The molecule has 1 atom stereocenters. The fourth-order valence-corrected chi connectivity index (χ4v) is 2.06. The van der Waals surface area contributed by atoms with Crippen molar-refractivity contribution in [1.29, 1.82) is 5.26 Å². The van der Waals surface area contributed by atoms with Gasteiger partial charge in [0.15, 0.2) is 0 Å². The molecule has 1 rings (SSSR count). The number of anilines is 1. The van der Waals surface area contributed by atoms with Crippen LogP contribution >= 0.6 is 0 Å². The number of ether oxygens (including phenoxy) is 1. The molecule has 0 aliphatic rings. The molecule has 0 spiro atoms. The van der Waals surface area contributed by atoms with Crippen LogP contribution < -0.4 is 10.2 Å². The second kappa shape index (κ2) is 10.1. The molecule has 21 heavy (non-hydrogen) atoms. The van der Waals surface area contributed by atoms with E-state index in [0.29, 0.717) is 19.6 Å². The third-order valence-electron chi connectivity index (χ3n) is 3.34. The van der Waals surface area contributed by atoms with Crippen LogP contribution in [-0.2, 0) is 4.74 Å². The second-order valence-corrected chi connectivity index (χ2v) is 5.01. The molecular formula is C16H26N4O. The van der Waals surface area contributed by atoms with Gasteiger partial charge in [0.1, 0.15) is 0 Å². The highest BCUT2D eigenvalue weighted by atomic mass is 16.5. The van der Waals surface area contributed by atoms with Gasteiger partial charge in [-0.05, 0) is 32.0 Å². The molecule has 5 nitrogen and oxygen atoms in total. The second-order valence-electron chi connectivity index (χ2n) is 5.01. The van der Waals surface area contributed by atoms with E-state index in [2.05, 4.69) is 47.3 Å². The van der Waals surface area contributed by atoms with Crippen molar-refractivity contribution in [1.82, 2.24) is 10.3 Å². The normalized spacial score (nSPS) is 11.9. The van der Waals surface area contributed by atoms with E-state index in [0.717, 1.165) is 30.9 Å². The lowest BCUT2D eigenvalue weighted by Crippen LogP contribution is -2.28. The molecule has 0 aliphatic carbocycles. The van der Waals surface area contributed by atoms with Crippen LogP contribution in [0, 0.1) is 11.3 Å². The first kappa shape index (κ1) is 17.4. The molecule has 0 fully saturated rings. The summed E-state index contributed by atoms with van der Waals surface area (Å²) in [5, 5.41) is 12.2. The molecular weight excluding hydrogens is 264 g/mol. The number of nitrogens with one attached hydrogen (secondary N) is 1. The Bertz CT molecular complexity index is 427. The van der Waals surface area contributed by atoms with Crippen LogP contribution in [0.2, 0.25) is 0 Å². The van der Waals surface area contributed by atoms with Gasteiger partial charge in [0.25, 0.3) is 0 Å². The first-order valence-electron chi connectivity index (χ1n) is 7.53. The maximum absolute atomic E-state index is 8.75. The van der Waals surface area contributed by atoms with Gasteiger partial charge in [-0.1, -0.05) is 6.92 Å². The van der Waals surface area contributed by atoms with E-state index in [9.17, 15) is 0 Å². The lowest BCUT2D eigenvalue weighted by Gasteiger charge is -2.23. The molecule has 1 aromatic rings. The maximum Gasteiger partial charge on any atom is 0.0640 e. The van der Waals surface area contributed by atoms with E-state index in [1.165, 1.54) is 0 Å². The van der Waals surface area contributed by atoms with Gasteiger partial charge in [-0.3, -0.25) is 4.98 Å². The molecule has 0 bridgehead atoms. The quantitative estimate of drug-likeness (QED) is 0.717. The molecule has 5 heteroatoms. The zero-order valence-corrected chi connectivity index (χ0v) is 13.3. The van der Waals surface area contributed by atoms with Crippen molar-refractivity contribution in [2.75, 3.05) is 38.3 Å². The van der Waals surface area contributed by atoms with Crippen LogP contribution in [-0.4, -0.2) is 38.3 Å². The number of hydrogen-bond donors (Lipinski definition) is 1. The maximum atomic E-state index is 8.75. The Morgan fingerprint density at radius 1 is 1.43 bits per heavy atom. The van der Waals surface area contributed by atoms with E-state index in [1.54, 1.807) is 7.11 Å². The Balaban J connectivity index is 2.69. The van der Waals surface area contributed by atoms with Crippen molar-refractivity contribution in [2.45, 2.75) is 32.7 Å². The standard InChI is InChI=1S/C16H26N4O/c1-4-9-18-14(2)16-7-6-15(13-19-16)20(10-5-8-17)11-12-21-3/h6-7,13-14,18H,4-5,9-12H2,1-3H3. The minimum absolute atomic E-state index is 0.255. The van der Waals surface area contributed by atoms with Gasteiger partial charge in [0.05, 0.1) is 36.7 Å². The molecule has 116 valence electrons. The zero-order chi connectivity index (χ0) is 15.5. The van der Waals surface area contributed by atoms with Gasteiger partial charge in [-0.15, -0.1) is 0 Å². The van der Waals surface area contributed by atoms with E-state index in [1.807, 2.05) is 6.20 Å². The fourth-order valence-electron chi connectivity index (χ4n) is 2.06. The number of hydrogen-bond acceptors (Lipinski definition) is 5. The van der Waals surface area contributed by atoms with Crippen LogP contribution in [0.5, 0.6) is 0 Å². The van der Waals surface area contributed by atoms with Crippen LogP contribution in [0.4, 0.5) is 5.69 Å². The van der Waals surface area contributed by atoms with Crippen molar-refractivity contribution in [3.8, 4) is 6.07 Å². The summed E-state index contributed by atoms with van der Waals surface area (Å²) >= 11 is 0. The van der Waals surface area contributed by atoms with Crippen molar-refractivity contribution in [3.63, 3.8) is 0 Å². The average molecular weight is 290 g/mol. The summed E-state index contributed by atoms with van der Waals surface area (Å²) < 4.78 is 5.13. The average Bonchev–Trinajstić information content (AvgIpc) is 2.53. The molecule has 1 aromatic heterocycles. The number of nitriles is 1. The summed E-state index contributed by atoms with van der Waals surface area (Å²) in [7, 11) is 1.69. The van der Waals surface area contributed by atoms with Gasteiger partial charge < -0.3 is 15.0 Å². The van der Waals surface area contributed by atoms with E-state index in [4.69, 9.17) is 10.00 Å². The van der Waals surface area contributed by atoms with Crippen LogP contribution in [0.3, 0.4) is 0 Å². The third-order valence-corrected chi connectivity index (χ3v) is 3.34. The van der Waals surface area contributed by atoms with Crippen molar-refractivity contribution < 1.29 is 4.74 Å². The molecule has 0 amide bonds. The Hall–Kier alpha value is -1.64. The number of nitrogens with zero attached hydrogens (tertiary/aromatic N) is 3. The van der Waals surface area contributed by atoms with Gasteiger partial charge in [-0.25, -0.2) is 0 Å². The van der Waals surface area contributed by atoms with Crippen molar-refractivity contribution in [2.24, 2.45) is 0 Å². The van der Waals surface area contributed by atoms with Gasteiger partial charge in [0.2, 0.25) is 0 Å². The first-order chi connectivity index (χ1) is 10.2. The lowest BCUT2D eigenvalue weighted by atomic mass is 10.2. The Kier molecular flexibility index (Phi) is 8.41. The Morgan fingerprint density at radius 3 is 2.81 bits per heavy atom. The predicted octanol–water partition coefficient (Wildman–Crippen LogP) is 2.51. The summed E-state index contributed by atoms with van der Waals surface area (Å²) in [6, 6.07) is 6.56. The molecule has 0 aromatic carbocycles. The minimum atomic E-state index is 0.255. The largest absolute Gasteiger partial charge is 0.383 e. The topological polar surface area (TPSA) is 61.2 Å². The summed E-state index contributed by atoms with van der Waals surface area (Å²) in [4.78, 5) is 6.67. The van der Waals surface area contributed by atoms with Gasteiger partial charge >= 0.3 is 0 Å². The third kappa shape index (κ3) is 6.11. The van der Waals surface area contributed by atoms with E-state index < -0.39 is 0 Å². The highest BCUT2D eigenvalue weighted by Crippen LogP contribution is 2.16. The van der Waals surface area contributed by atoms with Crippen molar-refractivity contribution in [3.05, 3.63) is 24.0 Å². The smallest absolute Gasteiger partial charge is 0.0640 e. The number of rotatable bonds is 10. The van der Waals surface area contributed by atoms with E-state index >= 15 is 0 Å². The summed E-state index contributed by atoms with van der Waals surface area (Å²) in [5.74, 6) is 0. The molecule has 1 unspecified atom stereocenters. The fraction of sp³-hybridized carbons (Fsp3) is 0.625. The highest BCUT2D eigenvalue weighted by molar-refractivity contribution is 5.44. The summed E-state index contributed by atoms with van der Waals surface area (Å²) in [6.07, 6.45) is 3.49. The summed E-state index contributed by atoms with van der Waals surface area (Å²) in [5.41, 5.74) is 2.08. The first-order valence-corrected chi connectivity index (χ1v) is 7.53. The summed E-state index contributed by atoms with van der Waals surface area (Å²) in [6.45, 7) is 7.37. The number of methoxy groups -OCH3 is 1. The van der Waals surface area contributed by atoms with Crippen LogP contribution in [0.1, 0.15) is 38.4 Å². The Labute approximate surface area is 127 Å². The lowest BCUT2D eigenvalue weighted by molar-refractivity contribution is 0.205. The molecule has 1 N–H and O–H groups in total.